The van der Waals surface area contributed by atoms with Crippen LogP contribution in [0.4, 0.5) is 10.8 Å². The monoisotopic (exact) mass is 409 g/mol. The predicted octanol–water partition coefficient (Wildman–Crippen LogP) is 2.37. The van der Waals surface area contributed by atoms with Gasteiger partial charge in [-0.25, -0.2) is 4.79 Å². The van der Waals surface area contributed by atoms with Crippen molar-refractivity contribution in [1.82, 2.24) is 20.8 Å². The Morgan fingerprint density at radius 2 is 1.63 bits per heavy atom. The first-order valence-electron chi connectivity index (χ1n) is 9.41. The van der Waals surface area contributed by atoms with E-state index in [2.05, 4.69) is 20.8 Å². The molecule has 0 saturated heterocycles. The highest BCUT2D eigenvalue weighted by Gasteiger charge is 2.25. The molecule has 0 saturated carbocycles. The first-order valence-corrected chi connectivity index (χ1v) is 9.41. The summed E-state index contributed by atoms with van der Waals surface area (Å²) in [6, 6.07) is 17.1. The first kappa shape index (κ1) is 20.8. The minimum atomic E-state index is -0.863. The van der Waals surface area contributed by atoms with Gasteiger partial charge in [-0.05, 0) is 18.1 Å². The van der Waals surface area contributed by atoms with Crippen LogP contribution in [-0.2, 0) is 22.6 Å². The van der Waals surface area contributed by atoms with Crippen LogP contribution in [0.1, 0.15) is 30.0 Å². The van der Waals surface area contributed by atoms with Gasteiger partial charge >= 0.3 is 12.1 Å². The summed E-state index contributed by atoms with van der Waals surface area (Å²) < 4.78 is 10.4. The van der Waals surface area contributed by atoms with E-state index in [9.17, 15) is 9.59 Å². The molecule has 0 spiro atoms. The Labute approximate surface area is 173 Å². The standard InChI is InChI=1S/C21H23N5O4/c1-14(19-25-26-20(22)30-19)23-18(27)17(12-15-8-4-2-5-9-15)24-21(28)29-13-16-10-6-3-7-11-16/h2-11,14,17H,12-13H2,1H3,(H2,22,26)(H,23,27)(H,24,28)/t14-,17-/m0/s1. The third-order valence-electron chi connectivity index (χ3n) is 4.29. The Bertz CT molecular complexity index is 962. The Hall–Kier alpha value is -3.88. The highest BCUT2D eigenvalue weighted by atomic mass is 16.5. The van der Waals surface area contributed by atoms with Crippen molar-refractivity contribution in [3.63, 3.8) is 0 Å². The Kier molecular flexibility index (Phi) is 6.99. The van der Waals surface area contributed by atoms with Gasteiger partial charge < -0.3 is 25.5 Å². The van der Waals surface area contributed by atoms with Gasteiger partial charge in [0.05, 0.1) is 0 Å². The zero-order chi connectivity index (χ0) is 21.3. The number of rotatable bonds is 8. The zero-order valence-corrected chi connectivity index (χ0v) is 16.4. The quantitative estimate of drug-likeness (QED) is 0.520. The van der Waals surface area contributed by atoms with Crippen LogP contribution < -0.4 is 16.4 Å². The third-order valence-corrected chi connectivity index (χ3v) is 4.29. The normalized spacial score (nSPS) is 12.6. The molecule has 2 atom stereocenters. The molecule has 0 unspecified atom stereocenters. The topological polar surface area (TPSA) is 132 Å². The van der Waals surface area contributed by atoms with Gasteiger partial charge in [0, 0.05) is 6.42 Å². The van der Waals surface area contributed by atoms with Crippen LogP contribution >= 0.6 is 0 Å². The average molecular weight is 409 g/mol. The minimum absolute atomic E-state index is 0.0884. The SMILES string of the molecule is C[C@H](NC(=O)[C@H](Cc1ccccc1)NC(=O)OCc1ccccc1)c1nnc(N)o1. The molecule has 0 fully saturated rings. The molecule has 156 valence electrons. The average Bonchev–Trinajstić information content (AvgIpc) is 3.20. The number of alkyl carbamates (subject to hydrolysis) is 1. The van der Waals surface area contributed by atoms with Crippen LogP contribution in [0.15, 0.2) is 65.1 Å². The van der Waals surface area contributed by atoms with Crippen molar-refractivity contribution in [2.24, 2.45) is 0 Å². The molecule has 3 rings (SSSR count). The first-order chi connectivity index (χ1) is 14.5. The van der Waals surface area contributed by atoms with Gasteiger partial charge in [0.1, 0.15) is 18.7 Å². The number of benzene rings is 2. The number of ether oxygens (including phenoxy) is 1. The Morgan fingerprint density at radius 1 is 1.00 bits per heavy atom. The molecule has 30 heavy (non-hydrogen) atoms. The molecule has 2 aromatic carbocycles. The predicted molar refractivity (Wildman–Crippen MR) is 109 cm³/mol. The van der Waals surface area contributed by atoms with Crippen LogP contribution in [0, 0.1) is 0 Å². The lowest BCUT2D eigenvalue weighted by molar-refractivity contribution is -0.123. The Morgan fingerprint density at radius 3 is 2.23 bits per heavy atom. The second-order valence-electron chi connectivity index (χ2n) is 6.66. The van der Waals surface area contributed by atoms with Crippen molar-refractivity contribution < 1.29 is 18.7 Å². The zero-order valence-electron chi connectivity index (χ0n) is 16.4. The fourth-order valence-electron chi connectivity index (χ4n) is 2.76. The number of nitrogens with two attached hydrogens (primary N) is 1. The van der Waals surface area contributed by atoms with Crippen LogP contribution in [0.5, 0.6) is 0 Å². The van der Waals surface area contributed by atoms with Crippen molar-refractivity contribution in [1.29, 1.82) is 0 Å². The number of carbonyl (C=O) groups is 2. The lowest BCUT2D eigenvalue weighted by Gasteiger charge is -2.20. The second kappa shape index (κ2) is 10.1. The maximum atomic E-state index is 12.8. The van der Waals surface area contributed by atoms with Gasteiger partial charge in [-0.15, -0.1) is 5.10 Å². The molecule has 4 N–H and O–H groups in total. The summed E-state index contributed by atoms with van der Waals surface area (Å²) in [5, 5.41) is 12.7. The molecule has 0 bridgehead atoms. The summed E-state index contributed by atoms with van der Waals surface area (Å²) in [4.78, 5) is 25.2. The highest BCUT2D eigenvalue weighted by Crippen LogP contribution is 2.12. The van der Waals surface area contributed by atoms with E-state index in [1.807, 2.05) is 60.7 Å². The molecule has 9 heteroatoms. The van der Waals surface area contributed by atoms with Gasteiger partial charge in [-0.2, -0.15) is 0 Å². The lowest BCUT2D eigenvalue weighted by Crippen LogP contribution is -2.48. The molecule has 0 aliphatic rings. The molecule has 1 heterocycles. The summed E-state index contributed by atoms with van der Waals surface area (Å²) in [7, 11) is 0. The fraction of sp³-hybridized carbons (Fsp3) is 0.238. The van der Waals surface area contributed by atoms with Crippen LogP contribution in [0.25, 0.3) is 0 Å². The maximum Gasteiger partial charge on any atom is 0.408 e. The number of aromatic nitrogens is 2. The molecule has 0 radical (unpaired) electrons. The van der Waals surface area contributed by atoms with Gasteiger partial charge in [0.2, 0.25) is 11.8 Å². The van der Waals surface area contributed by atoms with Gasteiger partial charge in [0.15, 0.2) is 0 Å². The van der Waals surface area contributed by atoms with Crippen molar-refractivity contribution in [3.8, 4) is 0 Å². The second-order valence-corrected chi connectivity index (χ2v) is 6.66. The summed E-state index contributed by atoms with van der Waals surface area (Å²) in [5.41, 5.74) is 7.16. The van der Waals surface area contributed by atoms with E-state index in [-0.39, 0.29) is 24.9 Å². The Balaban J connectivity index is 1.64. The number of anilines is 1. The van der Waals surface area contributed by atoms with Gasteiger partial charge in [0.25, 0.3) is 0 Å². The number of carbonyl (C=O) groups excluding carboxylic acids is 2. The molecule has 2 amide bonds. The number of hydrogen-bond acceptors (Lipinski definition) is 7. The van der Waals surface area contributed by atoms with Gasteiger partial charge in [-0.1, -0.05) is 65.8 Å². The van der Waals surface area contributed by atoms with E-state index in [1.54, 1.807) is 6.92 Å². The van der Waals surface area contributed by atoms with Crippen molar-refractivity contribution in [3.05, 3.63) is 77.7 Å². The smallest absolute Gasteiger partial charge is 0.408 e. The van der Waals surface area contributed by atoms with Gasteiger partial charge in [-0.3, -0.25) is 4.79 Å². The van der Waals surface area contributed by atoms with E-state index in [0.717, 1.165) is 11.1 Å². The summed E-state index contributed by atoms with van der Waals surface area (Å²) in [6.45, 7) is 1.78. The molecular formula is C21H23N5O4. The summed E-state index contributed by atoms with van der Waals surface area (Å²) in [6.07, 6.45) is -0.407. The number of nitrogen functional groups attached to an aromatic ring is 1. The minimum Gasteiger partial charge on any atom is -0.445 e. The number of hydrogen-bond donors (Lipinski definition) is 3. The van der Waals surface area contributed by atoms with E-state index in [0.29, 0.717) is 0 Å². The third kappa shape index (κ3) is 6.06. The molecule has 0 aliphatic carbocycles. The number of amides is 2. The van der Waals surface area contributed by atoms with E-state index >= 15 is 0 Å². The molecular weight excluding hydrogens is 386 g/mol. The van der Waals surface area contributed by atoms with Crippen molar-refractivity contribution in [2.45, 2.75) is 32.0 Å². The fourth-order valence-corrected chi connectivity index (χ4v) is 2.76. The van der Waals surface area contributed by atoms with E-state index in [1.165, 1.54) is 0 Å². The number of nitrogens with zero attached hydrogens (tertiary/aromatic N) is 2. The summed E-state index contributed by atoms with van der Waals surface area (Å²) >= 11 is 0. The van der Waals surface area contributed by atoms with Crippen LogP contribution in [-0.4, -0.2) is 28.2 Å². The van der Waals surface area contributed by atoms with Crippen molar-refractivity contribution >= 4 is 18.0 Å². The number of nitrogens with one attached hydrogen (secondary N) is 2. The summed E-state index contributed by atoms with van der Waals surface area (Å²) in [5.74, 6) is -0.245. The lowest BCUT2D eigenvalue weighted by atomic mass is 10.1. The molecule has 9 nitrogen and oxygen atoms in total. The molecule has 1 aromatic heterocycles. The van der Waals surface area contributed by atoms with E-state index < -0.39 is 24.1 Å². The van der Waals surface area contributed by atoms with Crippen LogP contribution in [0.3, 0.4) is 0 Å². The largest absolute Gasteiger partial charge is 0.445 e. The highest BCUT2D eigenvalue weighted by molar-refractivity contribution is 5.86. The van der Waals surface area contributed by atoms with Crippen molar-refractivity contribution in [2.75, 3.05) is 5.73 Å². The molecule has 3 aromatic rings. The molecule has 0 aliphatic heterocycles. The maximum absolute atomic E-state index is 12.8. The van der Waals surface area contributed by atoms with Crippen LogP contribution in [0.2, 0.25) is 0 Å². The van der Waals surface area contributed by atoms with E-state index in [4.69, 9.17) is 14.9 Å².